The summed E-state index contributed by atoms with van der Waals surface area (Å²) < 4.78 is 7.35. The Bertz CT molecular complexity index is 1370. The summed E-state index contributed by atoms with van der Waals surface area (Å²) in [4.78, 5) is 31.9. The van der Waals surface area contributed by atoms with Crippen molar-refractivity contribution in [2.24, 2.45) is 0 Å². The quantitative estimate of drug-likeness (QED) is 0.524. The monoisotopic (exact) mass is 503 g/mol. The minimum atomic E-state index is -1.05. The summed E-state index contributed by atoms with van der Waals surface area (Å²) in [6.07, 6.45) is 6.05. The van der Waals surface area contributed by atoms with Crippen LogP contribution in [0.2, 0.25) is 0 Å². The average molecular weight is 504 g/mol. The van der Waals surface area contributed by atoms with Crippen molar-refractivity contribution >= 4 is 23.3 Å². The number of pyridine rings is 2. The van der Waals surface area contributed by atoms with Crippen molar-refractivity contribution < 1.29 is 19.4 Å². The molecule has 2 saturated heterocycles. The van der Waals surface area contributed by atoms with E-state index in [2.05, 4.69) is 21.4 Å². The number of ether oxygens (including phenoxy) is 1. The number of piperidine rings is 1. The Morgan fingerprint density at radius 1 is 1.27 bits per heavy atom. The van der Waals surface area contributed by atoms with Crippen LogP contribution >= 0.6 is 0 Å². The van der Waals surface area contributed by atoms with Gasteiger partial charge in [0.15, 0.2) is 0 Å². The van der Waals surface area contributed by atoms with Gasteiger partial charge >= 0.3 is 6.09 Å². The second-order valence-electron chi connectivity index (χ2n) is 9.71. The van der Waals surface area contributed by atoms with Gasteiger partial charge in [0.25, 0.3) is 0 Å². The van der Waals surface area contributed by atoms with E-state index in [0.717, 1.165) is 29.8 Å². The Morgan fingerprint density at radius 3 is 2.65 bits per heavy atom. The molecule has 0 saturated carbocycles. The molecule has 37 heavy (non-hydrogen) atoms. The predicted molar refractivity (Wildman–Crippen MR) is 135 cm³/mol. The fraction of sp³-hybridized carbons (Fsp3) is 0.423. The van der Waals surface area contributed by atoms with E-state index in [-0.39, 0.29) is 5.91 Å². The highest BCUT2D eigenvalue weighted by Crippen LogP contribution is 2.32. The molecule has 2 N–H and O–H groups in total. The minimum absolute atomic E-state index is 0.218. The number of carboxylic acid groups (broad SMARTS) is 1. The van der Waals surface area contributed by atoms with Crippen LogP contribution in [-0.2, 0) is 4.79 Å². The van der Waals surface area contributed by atoms with E-state index in [1.807, 2.05) is 32.0 Å². The van der Waals surface area contributed by atoms with Crippen molar-refractivity contribution in [3.8, 4) is 22.9 Å². The molecule has 11 heteroatoms. The smallest absolute Gasteiger partial charge is 0.407 e. The Balaban J connectivity index is 1.29. The molecule has 0 aromatic carbocycles. The zero-order chi connectivity index (χ0) is 26.2. The molecule has 3 aromatic heterocycles. The molecule has 5 heterocycles. The van der Waals surface area contributed by atoms with Crippen LogP contribution in [0.4, 0.5) is 10.6 Å². The zero-order valence-electron chi connectivity index (χ0n) is 20.8. The van der Waals surface area contributed by atoms with Gasteiger partial charge in [-0.2, -0.15) is 10.4 Å². The van der Waals surface area contributed by atoms with Crippen molar-refractivity contribution in [3.05, 3.63) is 42.4 Å². The highest BCUT2D eigenvalue weighted by molar-refractivity contribution is 5.87. The van der Waals surface area contributed by atoms with Crippen LogP contribution in [0.3, 0.4) is 0 Å². The summed E-state index contributed by atoms with van der Waals surface area (Å²) in [6.45, 7) is 6.26. The van der Waals surface area contributed by atoms with Gasteiger partial charge in [-0.3, -0.25) is 9.69 Å². The maximum atomic E-state index is 12.6. The molecule has 0 aliphatic carbocycles. The van der Waals surface area contributed by atoms with Gasteiger partial charge in [-0.1, -0.05) is 0 Å². The molecule has 2 aliphatic heterocycles. The first kappa shape index (κ1) is 24.4. The number of nitriles is 1. The molecule has 2 amide bonds. The highest BCUT2D eigenvalue weighted by atomic mass is 16.5. The number of likely N-dealkylation sites (tertiary alicyclic amines) is 1. The molecule has 2 fully saturated rings. The van der Waals surface area contributed by atoms with Gasteiger partial charge in [0.1, 0.15) is 23.7 Å². The van der Waals surface area contributed by atoms with Crippen molar-refractivity contribution in [1.82, 2.24) is 24.8 Å². The third-order valence-corrected chi connectivity index (χ3v) is 7.26. The van der Waals surface area contributed by atoms with Crippen LogP contribution < -0.4 is 15.0 Å². The second kappa shape index (κ2) is 9.61. The summed E-state index contributed by atoms with van der Waals surface area (Å²) in [5.74, 6) is 1.27. The van der Waals surface area contributed by atoms with E-state index in [1.165, 1.54) is 4.90 Å². The van der Waals surface area contributed by atoms with E-state index >= 15 is 0 Å². The number of aromatic nitrogens is 3. The van der Waals surface area contributed by atoms with Crippen LogP contribution in [0.1, 0.15) is 38.7 Å². The Hall–Kier alpha value is -4.33. The number of nitrogens with one attached hydrogen (secondary N) is 1. The molecule has 0 bridgehead atoms. The lowest BCUT2D eigenvalue weighted by molar-refractivity contribution is -0.131. The summed E-state index contributed by atoms with van der Waals surface area (Å²) in [5.41, 5.74) is 2.46. The zero-order valence-corrected chi connectivity index (χ0v) is 20.8. The molecular weight excluding hydrogens is 474 g/mol. The van der Waals surface area contributed by atoms with E-state index in [9.17, 15) is 20.0 Å². The summed E-state index contributed by atoms with van der Waals surface area (Å²) >= 11 is 0. The molecular formula is C26H29N7O4. The molecule has 192 valence electrons. The standard InChI is InChI=1S/C26H29N7O4/c1-3-37-19-12-20(23-18(13-27)15-29-33(23)16-19)17-4-5-22(28-14-17)31-10-7-26(2,8-11-31)30-24(34)21-6-9-32(21)25(35)36/h4-5,12,14-16,21H,3,6-11H2,1-2H3,(H,30,34)(H,35,36). The Morgan fingerprint density at radius 2 is 2.05 bits per heavy atom. The second-order valence-corrected chi connectivity index (χ2v) is 9.71. The molecule has 0 radical (unpaired) electrons. The lowest BCUT2D eigenvalue weighted by Gasteiger charge is -2.43. The van der Waals surface area contributed by atoms with E-state index < -0.39 is 17.7 Å². The molecule has 1 atom stereocenters. The van der Waals surface area contributed by atoms with Crippen LogP contribution in [0.25, 0.3) is 16.6 Å². The van der Waals surface area contributed by atoms with Crippen LogP contribution in [0.5, 0.6) is 5.75 Å². The first-order chi connectivity index (χ1) is 17.8. The number of amides is 2. The number of carbonyl (C=O) groups is 2. The van der Waals surface area contributed by atoms with Crippen LogP contribution in [0.15, 0.2) is 36.8 Å². The van der Waals surface area contributed by atoms with Crippen molar-refractivity contribution in [3.63, 3.8) is 0 Å². The van der Waals surface area contributed by atoms with Gasteiger partial charge in [0.2, 0.25) is 5.91 Å². The number of anilines is 1. The normalized spacial score (nSPS) is 18.7. The molecule has 11 nitrogen and oxygen atoms in total. The van der Waals surface area contributed by atoms with Gasteiger partial charge in [-0.05, 0) is 51.3 Å². The van der Waals surface area contributed by atoms with Crippen LogP contribution in [0, 0.1) is 11.3 Å². The number of hydrogen-bond acceptors (Lipinski definition) is 7. The maximum Gasteiger partial charge on any atom is 0.407 e. The number of rotatable bonds is 6. The summed E-state index contributed by atoms with van der Waals surface area (Å²) in [5, 5.41) is 26.1. The molecule has 3 aromatic rings. The highest BCUT2D eigenvalue weighted by Gasteiger charge is 2.41. The number of fused-ring (bicyclic) bond motifs is 1. The van der Waals surface area contributed by atoms with E-state index in [0.29, 0.717) is 49.5 Å². The molecule has 0 spiro atoms. The lowest BCUT2D eigenvalue weighted by Crippen LogP contribution is -2.62. The van der Waals surface area contributed by atoms with Gasteiger partial charge in [0, 0.05) is 42.5 Å². The maximum absolute atomic E-state index is 12.6. The predicted octanol–water partition coefficient (Wildman–Crippen LogP) is 2.89. The fourth-order valence-corrected chi connectivity index (χ4v) is 5.00. The van der Waals surface area contributed by atoms with Crippen molar-refractivity contribution in [1.29, 1.82) is 5.26 Å². The lowest BCUT2D eigenvalue weighted by atomic mass is 9.88. The van der Waals surface area contributed by atoms with E-state index in [4.69, 9.17) is 9.72 Å². The third kappa shape index (κ3) is 4.62. The van der Waals surface area contributed by atoms with Gasteiger partial charge < -0.3 is 20.1 Å². The van der Waals surface area contributed by atoms with Gasteiger partial charge in [-0.25, -0.2) is 14.3 Å². The van der Waals surface area contributed by atoms with Crippen molar-refractivity contribution in [2.75, 3.05) is 31.1 Å². The number of carbonyl (C=O) groups excluding carboxylic acids is 1. The molecule has 1 unspecified atom stereocenters. The van der Waals surface area contributed by atoms with Gasteiger partial charge in [0.05, 0.1) is 30.1 Å². The first-order valence-corrected chi connectivity index (χ1v) is 12.4. The average Bonchev–Trinajstić information content (AvgIpc) is 3.26. The first-order valence-electron chi connectivity index (χ1n) is 12.4. The summed E-state index contributed by atoms with van der Waals surface area (Å²) in [6, 6.07) is 7.46. The SMILES string of the molecule is CCOc1cc(-c2ccc(N3CCC(C)(NC(=O)C4CCN4C(=O)O)CC3)nc2)c2c(C#N)cnn2c1. The third-order valence-electron chi connectivity index (χ3n) is 7.26. The molecule has 5 rings (SSSR count). The Kier molecular flexibility index (Phi) is 6.33. The minimum Gasteiger partial charge on any atom is -0.492 e. The van der Waals surface area contributed by atoms with Crippen molar-refractivity contribution in [2.45, 2.75) is 44.7 Å². The van der Waals surface area contributed by atoms with Crippen LogP contribution in [-0.4, -0.2) is 74.4 Å². The number of nitrogens with zero attached hydrogens (tertiary/aromatic N) is 6. The van der Waals surface area contributed by atoms with E-state index in [1.54, 1.807) is 23.1 Å². The summed E-state index contributed by atoms with van der Waals surface area (Å²) in [7, 11) is 0. The largest absolute Gasteiger partial charge is 0.492 e. The van der Waals surface area contributed by atoms with Gasteiger partial charge in [-0.15, -0.1) is 0 Å². The molecule has 2 aliphatic rings. The fourth-order valence-electron chi connectivity index (χ4n) is 5.00. The number of hydrogen-bond donors (Lipinski definition) is 2. The Labute approximate surface area is 214 Å². The topological polar surface area (TPSA) is 136 Å².